The van der Waals surface area contributed by atoms with E-state index in [-0.39, 0.29) is 11.2 Å². The number of carbonyl (C=O) groups is 1. The van der Waals surface area contributed by atoms with Gasteiger partial charge in [0.25, 0.3) is 0 Å². The van der Waals surface area contributed by atoms with Crippen LogP contribution in [0.2, 0.25) is 0 Å². The second-order valence-corrected chi connectivity index (χ2v) is 6.84. The van der Waals surface area contributed by atoms with E-state index in [1.807, 2.05) is 19.9 Å². The van der Waals surface area contributed by atoms with Gasteiger partial charge in [-0.3, -0.25) is 4.79 Å². The first-order valence-electron chi connectivity index (χ1n) is 7.24. The summed E-state index contributed by atoms with van der Waals surface area (Å²) in [7, 11) is 1.71. The zero-order valence-electron chi connectivity index (χ0n) is 12.9. The number of hydrogen-bond donors (Lipinski definition) is 0. The quantitative estimate of drug-likeness (QED) is 0.791. The molecule has 110 valence electrons. The minimum Gasteiger partial charge on any atom is -0.383 e. The lowest BCUT2D eigenvalue weighted by Crippen LogP contribution is -2.56. The van der Waals surface area contributed by atoms with Crippen LogP contribution in [0.15, 0.2) is 11.6 Å². The predicted molar refractivity (Wildman–Crippen MR) is 77.0 cm³/mol. The second kappa shape index (κ2) is 5.31. The molecule has 0 N–H and O–H groups in total. The minimum atomic E-state index is -0.443. The van der Waals surface area contributed by atoms with Crippen LogP contribution in [-0.4, -0.2) is 44.0 Å². The van der Waals surface area contributed by atoms with Crippen LogP contribution < -0.4 is 0 Å². The summed E-state index contributed by atoms with van der Waals surface area (Å²) >= 11 is 0. The number of fused-ring (bicyclic) bond motifs is 1. The maximum absolute atomic E-state index is 12.4. The summed E-state index contributed by atoms with van der Waals surface area (Å²) in [6.07, 6.45) is 2.92. The van der Waals surface area contributed by atoms with Crippen molar-refractivity contribution in [2.75, 3.05) is 33.4 Å². The molecule has 0 aromatic rings. The Balaban J connectivity index is 2.30. The van der Waals surface area contributed by atoms with E-state index in [0.717, 1.165) is 32.7 Å². The number of allylic oxidation sites excluding steroid dienone is 1. The van der Waals surface area contributed by atoms with Crippen molar-refractivity contribution in [1.82, 2.24) is 4.90 Å². The van der Waals surface area contributed by atoms with Gasteiger partial charge in [-0.1, -0.05) is 26.8 Å². The predicted octanol–water partition coefficient (Wildman–Crippen LogP) is 2.02. The van der Waals surface area contributed by atoms with Gasteiger partial charge in [0, 0.05) is 31.0 Å². The zero-order chi connectivity index (χ0) is 15.0. The van der Waals surface area contributed by atoms with Crippen molar-refractivity contribution in [3.63, 3.8) is 0 Å². The van der Waals surface area contributed by atoms with Crippen LogP contribution in [0, 0.1) is 28.1 Å². The molecule has 0 unspecified atom stereocenters. The van der Waals surface area contributed by atoms with Gasteiger partial charge in [0.2, 0.25) is 0 Å². The average Bonchev–Trinajstić information content (AvgIpc) is 2.40. The summed E-state index contributed by atoms with van der Waals surface area (Å²) in [5, 5.41) is 9.23. The molecule has 0 radical (unpaired) electrons. The third-order valence-electron chi connectivity index (χ3n) is 5.00. The fraction of sp³-hybridized carbons (Fsp3) is 0.750. The lowest BCUT2D eigenvalue weighted by Gasteiger charge is -2.53. The van der Waals surface area contributed by atoms with Gasteiger partial charge in [0.15, 0.2) is 5.78 Å². The van der Waals surface area contributed by atoms with E-state index in [1.54, 1.807) is 7.11 Å². The Kier molecular flexibility index (Phi) is 4.04. The normalized spacial score (nSPS) is 33.2. The van der Waals surface area contributed by atoms with Crippen molar-refractivity contribution in [2.45, 2.75) is 27.2 Å². The number of piperidine rings is 1. The molecular weight excluding hydrogens is 252 g/mol. The van der Waals surface area contributed by atoms with Gasteiger partial charge in [-0.25, -0.2) is 0 Å². The lowest BCUT2D eigenvalue weighted by atomic mass is 9.55. The number of Topliss-reactive ketones (excluding diaryl/α,β-unsaturated/α-hetero) is 1. The molecule has 0 bridgehead atoms. The van der Waals surface area contributed by atoms with Crippen LogP contribution in [-0.2, 0) is 9.53 Å². The number of nitrogens with zero attached hydrogens (tertiary/aromatic N) is 2. The third-order valence-corrected chi connectivity index (χ3v) is 5.00. The second-order valence-electron chi connectivity index (χ2n) is 6.84. The van der Waals surface area contributed by atoms with Crippen LogP contribution in [0.4, 0.5) is 0 Å². The first-order valence-corrected chi connectivity index (χ1v) is 7.24. The first kappa shape index (κ1) is 15.2. The van der Waals surface area contributed by atoms with E-state index in [4.69, 9.17) is 4.74 Å². The molecule has 1 fully saturated rings. The van der Waals surface area contributed by atoms with Gasteiger partial charge in [-0.15, -0.1) is 0 Å². The largest absolute Gasteiger partial charge is 0.383 e. The molecule has 2 rings (SSSR count). The summed E-state index contributed by atoms with van der Waals surface area (Å²) < 4.78 is 5.15. The molecule has 4 nitrogen and oxygen atoms in total. The highest BCUT2D eigenvalue weighted by Crippen LogP contribution is 2.51. The smallest absolute Gasteiger partial charge is 0.178 e. The average molecular weight is 276 g/mol. The number of carbonyl (C=O) groups excluding carboxylic acids is 1. The van der Waals surface area contributed by atoms with E-state index in [0.29, 0.717) is 11.5 Å². The molecule has 0 amide bonds. The lowest BCUT2D eigenvalue weighted by molar-refractivity contribution is -0.132. The number of ether oxygens (including phenoxy) is 1. The van der Waals surface area contributed by atoms with Crippen molar-refractivity contribution in [2.24, 2.45) is 16.7 Å². The molecule has 2 atom stereocenters. The highest BCUT2D eigenvalue weighted by molar-refractivity contribution is 6.04. The highest BCUT2D eigenvalue weighted by atomic mass is 16.5. The van der Waals surface area contributed by atoms with E-state index in [9.17, 15) is 10.1 Å². The Hall–Kier alpha value is -1.18. The van der Waals surface area contributed by atoms with Gasteiger partial charge in [0.05, 0.1) is 12.2 Å². The van der Waals surface area contributed by atoms with Crippen molar-refractivity contribution in [3.8, 4) is 6.07 Å². The van der Waals surface area contributed by atoms with Crippen LogP contribution in [0.1, 0.15) is 27.2 Å². The van der Waals surface area contributed by atoms with Crippen molar-refractivity contribution in [1.29, 1.82) is 5.26 Å². The highest BCUT2D eigenvalue weighted by Gasteiger charge is 2.53. The summed E-state index contributed by atoms with van der Waals surface area (Å²) in [5.74, 6) is 0.311. The minimum absolute atomic E-state index is 0.00724. The summed E-state index contributed by atoms with van der Waals surface area (Å²) in [6.45, 7) is 9.68. The Bertz CT molecular complexity index is 475. The van der Waals surface area contributed by atoms with Crippen molar-refractivity contribution in [3.05, 3.63) is 11.6 Å². The van der Waals surface area contributed by atoms with Gasteiger partial charge in [0.1, 0.15) is 6.07 Å². The Morgan fingerprint density at radius 1 is 1.50 bits per heavy atom. The fourth-order valence-electron chi connectivity index (χ4n) is 4.04. The van der Waals surface area contributed by atoms with Gasteiger partial charge in [-0.2, -0.15) is 5.26 Å². The van der Waals surface area contributed by atoms with Gasteiger partial charge >= 0.3 is 0 Å². The van der Waals surface area contributed by atoms with Crippen LogP contribution in [0.3, 0.4) is 0 Å². The molecular formula is C16H24N2O2. The van der Waals surface area contributed by atoms with E-state index in [2.05, 4.69) is 17.9 Å². The fourth-order valence-corrected chi connectivity index (χ4v) is 4.04. The van der Waals surface area contributed by atoms with Crippen molar-refractivity contribution < 1.29 is 9.53 Å². The maximum atomic E-state index is 12.4. The summed E-state index contributed by atoms with van der Waals surface area (Å²) in [4.78, 5) is 14.8. The Morgan fingerprint density at radius 3 is 2.80 bits per heavy atom. The molecule has 0 spiro atoms. The third kappa shape index (κ3) is 2.41. The zero-order valence-corrected chi connectivity index (χ0v) is 12.9. The molecule has 1 heterocycles. The van der Waals surface area contributed by atoms with Crippen LogP contribution in [0.25, 0.3) is 0 Å². The van der Waals surface area contributed by atoms with Crippen LogP contribution in [0.5, 0.6) is 0 Å². The monoisotopic (exact) mass is 276 g/mol. The van der Waals surface area contributed by atoms with Gasteiger partial charge in [-0.05, 0) is 18.9 Å². The number of hydrogen-bond acceptors (Lipinski definition) is 4. The molecule has 0 aromatic heterocycles. The summed E-state index contributed by atoms with van der Waals surface area (Å²) in [5.41, 5.74) is -0.210. The molecule has 0 aromatic carbocycles. The Morgan fingerprint density at radius 2 is 2.20 bits per heavy atom. The number of likely N-dealkylation sites (tertiary alicyclic amines) is 1. The molecule has 1 aliphatic carbocycles. The number of nitriles is 1. The van der Waals surface area contributed by atoms with Crippen LogP contribution >= 0.6 is 0 Å². The molecule has 1 aliphatic heterocycles. The number of methoxy groups -OCH3 is 1. The first-order chi connectivity index (χ1) is 9.35. The molecule has 0 saturated carbocycles. The van der Waals surface area contributed by atoms with E-state index >= 15 is 0 Å². The Labute approximate surface area is 121 Å². The number of ketones is 1. The standard InChI is InChI=1S/C16H24N2O2/c1-15(2)13-5-6-18(7-8-20-4)11-16(13,3)9-12(10-17)14(15)19/h9,13H,5-8,11H2,1-4H3/t13-,16-/m0/s1. The summed E-state index contributed by atoms with van der Waals surface area (Å²) in [6, 6.07) is 2.09. The molecule has 4 heteroatoms. The maximum Gasteiger partial charge on any atom is 0.178 e. The SMILES string of the molecule is COCCN1CC[C@H]2C(C)(C)C(=O)C(C#N)=C[C@@]2(C)C1. The number of rotatable bonds is 3. The molecule has 1 saturated heterocycles. The topological polar surface area (TPSA) is 53.3 Å². The molecule has 20 heavy (non-hydrogen) atoms. The van der Waals surface area contributed by atoms with E-state index in [1.165, 1.54) is 0 Å². The van der Waals surface area contributed by atoms with Gasteiger partial charge < -0.3 is 9.64 Å². The van der Waals surface area contributed by atoms with E-state index < -0.39 is 5.41 Å². The van der Waals surface area contributed by atoms with Crippen molar-refractivity contribution >= 4 is 5.78 Å². The molecule has 2 aliphatic rings.